The molecule has 2 N–H and O–H groups in total. The van der Waals surface area contributed by atoms with E-state index in [1.54, 1.807) is 12.1 Å². The molecule has 0 aromatic heterocycles. The van der Waals surface area contributed by atoms with Crippen molar-refractivity contribution in [1.29, 1.82) is 0 Å². The molecule has 1 atom stereocenters. The number of halogens is 1. The Morgan fingerprint density at radius 2 is 2.08 bits per heavy atom. The van der Waals surface area contributed by atoms with E-state index < -0.39 is 0 Å². The lowest BCUT2D eigenvalue weighted by molar-refractivity contribution is 0.314. The third-order valence-corrected chi connectivity index (χ3v) is 5.52. The lowest BCUT2D eigenvalue weighted by atomic mass is 9.85. The third-order valence-electron chi connectivity index (χ3n) is 5.52. The van der Waals surface area contributed by atoms with Gasteiger partial charge in [-0.1, -0.05) is 26.0 Å². The Kier molecular flexibility index (Phi) is 6.17. The number of hydrogen-bond acceptors (Lipinski definition) is 2. The number of nitrogens with zero attached hydrogens (tertiary/aromatic N) is 2. The van der Waals surface area contributed by atoms with Crippen molar-refractivity contribution < 1.29 is 4.39 Å². The van der Waals surface area contributed by atoms with E-state index in [-0.39, 0.29) is 11.2 Å². The molecule has 1 unspecified atom stereocenters. The van der Waals surface area contributed by atoms with E-state index in [1.807, 2.05) is 6.07 Å². The van der Waals surface area contributed by atoms with Crippen LogP contribution in [0.15, 0.2) is 29.3 Å². The molecule has 1 aromatic rings. The van der Waals surface area contributed by atoms with E-state index in [0.717, 1.165) is 30.7 Å². The molecule has 1 saturated heterocycles. The molecule has 4 nitrogen and oxygen atoms in total. The van der Waals surface area contributed by atoms with E-state index in [9.17, 15) is 4.39 Å². The molecule has 1 aliphatic carbocycles. The number of hydrogen-bond donors (Lipinski definition) is 2. The van der Waals surface area contributed by atoms with Crippen LogP contribution in [0.2, 0.25) is 0 Å². The van der Waals surface area contributed by atoms with E-state index in [0.29, 0.717) is 12.5 Å². The summed E-state index contributed by atoms with van der Waals surface area (Å²) in [6, 6.07) is 7.71. The smallest absolute Gasteiger partial charge is 0.191 e. The first-order valence-electron chi connectivity index (χ1n) is 10.00. The van der Waals surface area contributed by atoms with Crippen molar-refractivity contribution in [3.8, 4) is 0 Å². The summed E-state index contributed by atoms with van der Waals surface area (Å²) in [6.07, 6.45) is 4.05. The standard InChI is InChI=1S/C21H33FN4/c1-4-23-20(24-13-16-10-11-26(14-16)19-8-9-19)25-15-21(2,3)17-6-5-7-18(22)12-17/h5-7,12,16,19H,4,8-11,13-15H2,1-3H3,(H2,23,24,25). The Morgan fingerprint density at radius 1 is 1.27 bits per heavy atom. The molecular weight excluding hydrogens is 327 g/mol. The fourth-order valence-corrected chi connectivity index (χ4v) is 3.66. The molecular formula is C21H33FN4. The lowest BCUT2D eigenvalue weighted by Gasteiger charge is -2.24. The van der Waals surface area contributed by atoms with Gasteiger partial charge < -0.3 is 15.5 Å². The molecule has 2 fully saturated rings. The Labute approximate surface area is 157 Å². The monoisotopic (exact) mass is 360 g/mol. The van der Waals surface area contributed by atoms with Gasteiger partial charge in [0, 0.05) is 31.1 Å². The third kappa shape index (κ3) is 5.19. The summed E-state index contributed by atoms with van der Waals surface area (Å²) in [5.41, 5.74) is 0.772. The van der Waals surface area contributed by atoms with E-state index >= 15 is 0 Å². The summed E-state index contributed by atoms with van der Waals surface area (Å²) in [7, 11) is 0. The second-order valence-electron chi connectivity index (χ2n) is 8.35. The summed E-state index contributed by atoms with van der Waals surface area (Å²) in [5.74, 6) is 1.38. The van der Waals surface area contributed by atoms with Crippen molar-refractivity contribution in [3.05, 3.63) is 35.6 Å². The van der Waals surface area contributed by atoms with Crippen LogP contribution in [0.3, 0.4) is 0 Å². The Hall–Kier alpha value is -1.62. The molecule has 0 bridgehead atoms. The quantitative estimate of drug-likeness (QED) is 0.580. The highest BCUT2D eigenvalue weighted by molar-refractivity contribution is 5.79. The zero-order chi connectivity index (χ0) is 18.6. The minimum Gasteiger partial charge on any atom is -0.357 e. The maximum atomic E-state index is 13.5. The number of likely N-dealkylation sites (tertiary alicyclic amines) is 1. The van der Waals surface area contributed by atoms with Crippen molar-refractivity contribution in [3.63, 3.8) is 0 Å². The van der Waals surface area contributed by atoms with Crippen LogP contribution in [-0.4, -0.2) is 49.6 Å². The SMILES string of the molecule is CCNC(=NCC(C)(C)c1cccc(F)c1)NCC1CCN(C2CC2)C1. The van der Waals surface area contributed by atoms with Gasteiger partial charge in [-0.15, -0.1) is 0 Å². The Bertz CT molecular complexity index is 624. The van der Waals surface area contributed by atoms with Crippen molar-refractivity contribution in [1.82, 2.24) is 15.5 Å². The number of rotatable bonds is 7. The van der Waals surface area contributed by atoms with Gasteiger partial charge in [-0.05, 0) is 56.3 Å². The highest BCUT2D eigenvalue weighted by Gasteiger charge is 2.34. The van der Waals surface area contributed by atoms with Crippen LogP contribution in [0.25, 0.3) is 0 Å². The van der Waals surface area contributed by atoms with Crippen LogP contribution in [0.1, 0.15) is 45.6 Å². The predicted octanol–water partition coefficient (Wildman–Crippen LogP) is 3.14. The number of benzene rings is 1. The number of aliphatic imine (C=N–C) groups is 1. The Morgan fingerprint density at radius 3 is 2.77 bits per heavy atom. The van der Waals surface area contributed by atoms with Crippen molar-refractivity contribution in [2.24, 2.45) is 10.9 Å². The largest absolute Gasteiger partial charge is 0.357 e. The van der Waals surface area contributed by atoms with Gasteiger partial charge in [0.05, 0.1) is 6.54 Å². The van der Waals surface area contributed by atoms with Crippen LogP contribution in [0.5, 0.6) is 0 Å². The molecule has 26 heavy (non-hydrogen) atoms. The zero-order valence-electron chi connectivity index (χ0n) is 16.4. The maximum Gasteiger partial charge on any atom is 0.191 e. The lowest BCUT2D eigenvalue weighted by Crippen LogP contribution is -2.41. The molecule has 0 amide bonds. The highest BCUT2D eigenvalue weighted by atomic mass is 19.1. The first-order valence-corrected chi connectivity index (χ1v) is 10.00. The van der Waals surface area contributed by atoms with E-state index in [4.69, 9.17) is 4.99 Å². The second-order valence-corrected chi connectivity index (χ2v) is 8.35. The van der Waals surface area contributed by atoms with Crippen LogP contribution in [-0.2, 0) is 5.41 Å². The van der Waals surface area contributed by atoms with Crippen molar-refractivity contribution >= 4 is 5.96 Å². The summed E-state index contributed by atoms with van der Waals surface area (Å²) in [5, 5.41) is 6.86. The molecule has 5 heteroatoms. The van der Waals surface area contributed by atoms with Crippen molar-refractivity contribution in [2.45, 2.75) is 51.5 Å². The average molecular weight is 361 g/mol. The minimum absolute atomic E-state index is 0.189. The molecule has 0 radical (unpaired) electrons. The Balaban J connectivity index is 1.54. The number of nitrogens with one attached hydrogen (secondary N) is 2. The van der Waals surface area contributed by atoms with Crippen LogP contribution in [0.4, 0.5) is 4.39 Å². The minimum atomic E-state index is -0.208. The first-order chi connectivity index (χ1) is 12.5. The fourth-order valence-electron chi connectivity index (χ4n) is 3.66. The first kappa shape index (κ1) is 19.2. The maximum absolute atomic E-state index is 13.5. The van der Waals surface area contributed by atoms with Crippen LogP contribution >= 0.6 is 0 Å². The van der Waals surface area contributed by atoms with E-state index in [1.165, 1.54) is 38.4 Å². The molecule has 1 heterocycles. The summed E-state index contributed by atoms with van der Waals surface area (Å²) in [4.78, 5) is 7.42. The predicted molar refractivity (Wildman–Crippen MR) is 106 cm³/mol. The zero-order valence-corrected chi connectivity index (χ0v) is 16.4. The molecule has 2 aliphatic rings. The van der Waals surface area contributed by atoms with E-state index in [2.05, 4.69) is 36.3 Å². The molecule has 1 saturated carbocycles. The molecule has 144 valence electrons. The highest BCUT2D eigenvalue weighted by Crippen LogP contribution is 2.31. The number of guanidine groups is 1. The molecule has 0 spiro atoms. The van der Waals surface area contributed by atoms with Gasteiger partial charge in [0.25, 0.3) is 0 Å². The van der Waals surface area contributed by atoms with Gasteiger partial charge in [0.2, 0.25) is 0 Å². The fraction of sp³-hybridized carbons (Fsp3) is 0.667. The van der Waals surface area contributed by atoms with Crippen LogP contribution in [0, 0.1) is 11.7 Å². The van der Waals surface area contributed by atoms with Gasteiger partial charge in [-0.2, -0.15) is 0 Å². The molecule has 1 aliphatic heterocycles. The van der Waals surface area contributed by atoms with Gasteiger partial charge >= 0.3 is 0 Å². The summed E-state index contributed by atoms with van der Waals surface area (Å²) < 4.78 is 13.5. The molecule has 3 rings (SSSR count). The average Bonchev–Trinajstić information content (AvgIpc) is 3.36. The van der Waals surface area contributed by atoms with Gasteiger partial charge in [0.1, 0.15) is 5.82 Å². The van der Waals surface area contributed by atoms with Gasteiger partial charge in [-0.25, -0.2) is 4.39 Å². The summed E-state index contributed by atoms with van der Waals surface area (Å²) >= 11 is 0. The molecule has 1 aromatic carbocycles. The van der Waals surface area contributed by atoms with Crippen molar-refractivity contribution in [2.75, 3.05) is 32.7 Å². The van der Waals surface area contributed by atoms with Crippen LogP contribution < -0.4 is 10.6 Å². The van der Waals surface area contributed by atoms with Gasteiger partial charge in [0.15, 0.2) is 5.96 Å². The topological polar surface area (TPSA) is 39.7 Å². The normalized spacial score (nSPS) is 21.8. The second kappa shape index (κ2) is 8.38. The summed E-state index contributed by atoms with van der Waals surface area (Å²) in [6.45, 7) is 11.2. The van der Waals surface area contributed by atoms with Gasteiger partial charge in [-0.3, -0.25) is 4.99 Å².